The van der Waals surface area contributed by atoms with Gasteiger partial charge in [0, 0.05) is 14.2 Å². The minimum Gasteiger partial charge on any atom is -0.374 e. The van der Waals surface area contributed by atoms with Crippen LogP contribution < -0.4 is 5.32 Å². The van der Waals surface area contributed by atoms with Crippen LogP contribution in [-0.4, -0.2) is 24.1 Å². The minimum absolute atomic E-state index is 0.0697. The third-order valence-corrected chi connectivity index (χ3v) is 3.51. The van der Waals surface area contributed by atoms with Crippen molar-refractivity contribution in [2.45, 2.75) is 32.8 Å². The van der Waals surface area contributed by atoms with Crippen LogP contribution >= 0.6 is 22.6 Å². The Bertz CT molecular complexity index is 357. The van der Waals surface area contributed by atoms with Crippen molar-refractivity contribution in [3.63, 3.8) is 0 Å². The molecule has 1 unspecified atom stereocenters. The first-order valence-electron chi connectivity index (χ1n) is 5.40. The van der Waals surface area contributed by atoms with Crippen molar-refractivity contribution in [3.8, 4) is 0 Å². The standard InChI is InChI=1S/C11H18IN3O/c1-5-6-8-9(12)11(13-3)15-10(14-8)7(2)16-4/h7H,5-6H2,1-4H3,(H,13,14,15). The topological polar surface area (TPSA) is 47.0 Å². The maximum absolute atomic E-state index is 5.25. The molecule has 0 saturated carbocycles. The van der Waals surface area contributed by atoms with Gasteiger partial charge in [0.15, 0.2) is 5.82 Å². The molecular weight excluding hydrogens is 317 g/mol. The van der Waals surface area contributed by atoms with Gasteiger partial charge in [0.1, 0.15) is 11.9 Å². The summed E-state index contributed by atoms with van der Waals surface area (Å²) >= 11 is 2.29. The van der Waals surface area contributed by atoms with E-state index in [0.29, 0.717) is 0 Å². The lowest BCUT2D eigenvalue weighted by Crippen LogP contribution is -2.10. The van der Waals surface area contributed by atoms with E-state index in [4.69, 9.17) is 4.74 Å². The van der Waals surface area contributed by atoms with Crippen molar-refractivity contribution in [1.29, 1.82) is 0 Å². The summed E-state index contributed by atoms with van der Waals surface area (Å²) in [6.45, 7) is 4.11. The Morgan fingerprint density at radius 2 is 2.12 bits per heavy atom. The van der Waals surface area contributed by atoms with Crippen LogP contribution in [0.15, 0.2) is 0 Å². The molecule has 5 heteroatoms. The molecule has 1 heterocycles. The number of aryl methyl sites for hydroxylation is 1. The monoisotopic (exact) mass is 335 g/mol. The third-order valence-electron chi connectivity index (χ3n) is 2.38. The van der Waals surface area contributed by atoms with Gasteiger partial charge in [-0.1, -0.05) is 13.3 Å². The molecule has 1 aromatic rings. The predicted molar refractivity (Wildman–Crippen MR) is 73.7 cm³/mol. The molecule has 1 rings (SSSR count). The largest absolute Gasteiger partial charge is 0.374 e. The van der Waals surface area contributed by atoms with Crippen molar-refractivity contribution in [3.05, 3.63) is 15.1 Å². The third kappa shape index (κ3) is 3.04. The van der Waals surface area contributed by atoms with Gasteiger partial charge >= 0.3 is 0 Å². The Balaban J connectivity index is 3.17. The summed E-state index contributed by atoms with van der Waals surface area (Å²) < 4.78 is 6.36. The van der Waals surface area contributed by atoms with Crippen LogP contribution in [0.1, 0.15) is 37.9 Å². The molecule has 0 bridgehead atoms. The van der Waals surface area contributed by atoms with Gasteiger partial charge in [0.05, 0.1) is 9.26 Å². The number of rotatable bonds is 5. The highest BCUT2D eigenvalue weighted by Gasteiger charge is 2.14. The lowest BCUT2D eigenvalue weighted by atomic mass is 10.2. The van der Waals surface area contributed by atoms with E-state index < -0.39 is 0 Å². The molecular formula is C11H18IN3O. The van der Waals surface area contributed by atoms with E-state index in [9.17, 15) is 0 Å². The summed E-state index contributed by atoms with van der Waals surface area (Å²) in [6.07, 6.45) is 1.98. The summed E-state index contributed by atoms with van der Waals surface area (Å²) in [5.74, 6) is 1.63. The molecule has 0 saturated heterocycles. The first kappa shape index (κ1) is 13.6. The van der Waals surface area contributed by atoms with E-state index in [1.165, 1.54) is 0 Å². The first-order valence-corrected chi connectivity index (χ1v) is 6.48. The highest BCUT2D eigenvalue weighted by Crippen LogP contribution is 2.23. The second-order valence-corrected chi connectivity index (χ2v) is 4.65. The first-order chi connectivity index (χ1) is 7.63. The molecule has 1 atom stereocenters. The van der Waals surface area contributed by atoms with E-state index in [0.717, 1.165) is 33.7 Å². The number of methoxy groups -OCH3 is 1. The summed E-state index contributed by atoms with van der Waals surface area (Å²) in [5, 5.41) is 3.10. The van der Waals surface area contributed by atoms with Crippen LogP contribution in [0.25, 0.3) is 0 Å². The van der Waals surface area contributed by atoms with Crippen LogP contribution in [-0.2, 0) is 11.2 Å². The fourth-order valence-corrected chi connectivity index (χ4v) is 2.15. The van der Waals surface area contributed by atoms with Gasteiger partial charge < -0.3 is 10.1 Å². The van der Waals surface area contributed by atoms with Gasteiger partial charge in [-0.3, -0.25) is 0 Å². The van der Waals surface area contributed by atoms with Gasteiger partial charge in [-0.25, -0.2) is 9.97 Å². The van der Waals surface area contributed by atoms with Crippen LogP contribution in [0.2, 0.25) is 0 Å². The average molecular weight is 335 g/mol. The van der Waals surface area contributed by atoms with E-state index in [2.05, 4.69) is 44.8 Å². The molecule has 1 aromatic heterocycles. The molecule has 0 radical (unpaired) electrons. The summed E-state index contributed by atoms with van der Waals surface area (Å²) in [7, 11) is 3.55. The van der Waals surface area contributed by atoms with E-state index in [1.54, 1.807) is 7.11 Å². The number of anilines is 1. The molecule has 0 aliphatic carbocycles. The normalized spacial score (nSPS) is 12.6. The number of nitrogens with one attached hydrogen (secondary N) is 1. The maximum Gasteiger partial charge on any atom is 0.159 e. The fraction of sp³-hybridized carbons (Fsp3) is 0.636. The van der Waals surface area contributed by atoms with Crippen molar-refractivity contribution in [2.75, 3.05) is 19.5 Å². The maximum atomic E-state index is 5.25. The molecule has 0 amide bonds. The molecule has 16 heavy (non-hydrogen) atoms. The van der Waals surface area contributed by atoms with Gasteiger partial charge in [-0.2, -0.15) is 0 Å². The summed E-state index contributed by atoms with van der Waals surface area (Å²) in [6, 6.07) is 0. The molecule has 90 valence electrons. The number of hydrogen-bond donors (Lipinski definition) is 1. The second kappa shape index (κ2) is 6.34. The Labute approximate surface area is 110 Å². The van der Waals surface area contributed by atoms with E-state index >= 15 is 0 Å². The highest BCUT2D eigenvalue weighted by atomic mass is 127. The molecule has 1 N–H and O–H groups in total. The summed E-state index contributed by atoms with van der Waals surface area (Å²) in [4.78, 5) is 9.01. The highest BCUT2D eigenvalue weighted by molar-refractivity contribution is 14.1. The summed E-state index contributed by atoms with van der Waals surface area (Å²) in [5.41, 5.74) is 1.10. The van der Waals surface area contributed by atoms with Crippen LogP contribution in [0.5, 0.6) is 0 Å². The molecule has 0 aliphatic heterocycles. The SMILES string of the molecule is CCCc1nc(C(C)OC)nc(NC)c1I. The van der Waals surface area contributed by atoms with Crippen molar-refractivity contribution < 1.29 is 4.74 Å². The Morgan fingerprint density at radius 3 is 2.62 bits per heavy atom. The van der Waals surface area contributed by atoms with Crippen LogP contribution in [0, 0.1) is 3.57 Å². The van der Waals surface area contributed by atoms with E-state index in [-0.39, 0.29) is 6.10 Å². The lowest BCUT2D eigenvalue weighted by Gasteiger charge is -2.13. The van der Waals surface area contributed by atoms with Crippen molar-refractivity contribution in [2.24, 2.45) is 0 Å². The van der Waals surface area contributed by atoms with Gasteiger partial charge in [-0.05, 0) is 35.9 Å². The number of ether oxygens (including phenoxy) is 1. The lowest BCUT2D eigenvalue weighted by molar-refractivity contribution is 0.112. The number of hydrogen-bond acceptors (Lipinski definition) is 4. The Hall–Kier alpha value is -0.430. The van der Waals surface area contributed by atoms with Crippen LogP contribution in [0.4, 0.5) is 5.82 Å². The van der Waals surface area contributed by atoms with Crippen LogP contribution in [0.3, 0.4) is 0 Å². The smallest absolute Gasteiger partial charge is 0.159 e. The average Bonchev–Trinajstić information content (AvgIpc) is 2.31. The Morgan fingerprint density at radius 1 is 1.44 bits per heavy atom. The van der Waals surface area contributed by atoms with Gasteiger partial charge in [-0.15, -0.1) is 0 Å². The molecule has 0 aliphatic rings. The number of nitrogens with zero attached hydrogens (tertiary/aromatic N) is 2. The zero-order valence-corrected chi connectivity index (χ0v) is 12.3. The van der Waals surface area contributed by atoms with Crippen molar-refractivity contribution in [1.82, 2.24) is 9.97 Å². The molecule has 0 spiro atoms. The number of halogens is 1. The number of aromatic nitrogens is 2. The predicted octanol–water partition coefficient (Wildman–Crippen LogP) is 2.78. The van der Waals surface area contributed by atoms with Crippen molar-refractivity contribution >= 4 is 28.4 Å². The minimum atomic E-state index is -0.0697. The quantitative estimate of drug-likeness (QED) is 0.841. The zero-order valence-electron chi connectivity index (χ0n) is 10.2. The fourth-order valence-electron chi connectivity index (χ4n) is 1.37. The second-order valence-electron chi connectivity index (χ2n) is 3.57. The van der Waals surface area contributed by atoms with Gasteiger partial charge in [0.25, 0.3) is 0 Å². The Kier molecular flexibility index (Phi) is 5.40. The molecule has 4 nitrogen and oxygen atoms in total. The molecule has 0 aromatic carbocycles. The zero-order chi connectivity index (χ0) is 12.1. The molecule has 0 fully saturated rings. The van der Waals surface area contributed by atoms with Gasteiger partial charge in [0.2, 0.25) is 0 Å². The van der Waals surface area contributed by atoms with E-state index in [1.807, 2.05) is 14.0 Å².